The van der Waals surface area contributed by atoms with Crippen molar-refractivity contribution in [3.8, 4) is 12.1 Å². The molecule has 0 aliphatic rings. The Kier molecular flexibility index (Phi) is 7.29. The number of aliphatic imine (C=N–C) groups is 2. The summed E-state index contributed by atoms with van der Waals surface area (Å²) in [6.07, 6.45) is 2.73. The molecule has 0 amide bonds. The number of nitriles is 2. The number of allylic oxidation sites excluding steroid dienone is 2. The minimum atomic E-state index is -0.105. The number of aryl methyl sites for hydroxylation is 1. The van der Waals surface area contributed by atoms with E-state index in [0.29, 0.717) is 6.61 Å². The molecule has 0 aliphatic heterocycles. The third kappa shape index (κ3) is 6.04. The summed E-state index contributed by atoms with van der Waals surface area (Å²) in [4.78, 5) is 13.2. The van der Waals surface area contributed by atoms with Gasteiger partial charge in [-0.05, 0) is 18.1 Å². The molecule has 0 spiro atoms. The lowest BCUT2D eigenvalue weighted by molar-refractivity contribution is 0.0745. The summed E-state index contributed by atoms with van der Waals surface area (Å²) in [7, 11) is 0. The molecule has 0 unspecified atom stereocenters. The van der Waals surface area contributed by atoms with Gasteiger partial charge in [-0.1, -0.05) is 60.2 Å². The second-order valence-corrected chi connectivity index (χ2v) is 5.24. The maximum absolute atomic E-state index is 9.20. The molecule has 0 aliphatic carbocycles. The summed E-state index contributed by atoms with van der Waals surface area (Å²) >= 11 is 0. The molecule has 2 rings (SSSR count). The minimum Gasteiger partial charge on any atom is -0.270 e. The number of hydroxylamine groups is 1. The number of nitrogens with one attached hydrogen (secondary N) is 1. The van der Waals surface area contributed by atoms with Crippen molar-refractivity contribution in [1.82, 2.24) is 5.48 Å². The molecule has 6 nitrogen and oxygen atoms in total. The van der Waals surface area contributed by atoms with Crippen LogP contribution in [0, 0.1) is 29.6 Å². The zero-order chi connectivity index (χ0) is 18.6. The molecule has 0 aromatic heterocycles. The van der Waals surface area contributed by atoms with Crippen LogP contribution < -0.4 is 5.48 Å². The van der Waals surface area contributed by atoms with Crippen molar-refractivity contribution in [2.24, 2.45) is 9.98 Å². The van der Waals surface area contributed by atoms with Gasteiger partial charge in [0.15, 0.2) is 11.4 Å². The lowest BCUT2D eigenvalue weighted by Crippen LogP contribution is -2.11. The summed E-state index contributed by atoms with van der Waals surface area (Å²) < 4.78 is 0. The molecular weight excluding hydrogens is 326 g/mol. The van der Waals surface area contributed by atoms with Crippen LogP contribution in [0.2, 0.25) is 0 Å². The van der Waals surface area contributed by atoms with Crippen LogP contribution in [-0.2, 0) is 11.4 Å². The highest BCUT2D eigenvalue weighted by molar-refractivity contribution is 5.81. The van der Waals surface area contributed by atoms with E-state index in [0.717, 1.165) is 16.7 Å². The van der Waals surface area contributed by atoms with Gasteiger partial charge in [-0.3, -0.25) is 10.3 Å². The maximum atomic E-state index is 9.20. The Balaban J connectivity index is 1.97. The van der Waals surface area contributed by atoms with Crippen molar-refractivity contribution in [2.45, 2.75) is 13.5 Å². The molecule has 6 heteroatoms. The third-order valence-electron chi connectivity index (χ3n) is 3.27. The van der Waals surface area contributed by atoms with Crippen molar-refractivity contribution in [3.63, 3.8) is 0 Å². The number of benzene rings is 2. The smallest absolute Gasteiger partial charge is 0.178 e. The highest BCUT2D eigenvalue weighted by Crippen LogP contribution is 2.07. The fourth-order valence-electron chi connectivity index (χ4n) is 1.90. The predicted octanol–water partition coefficient (Wildman–Crippen LogP) is 3.42. The molecule has 0 atom stereocenters. The van der Waals surface area contributed by atoms with Crippen LogP contribution in [0.1, 0.15) is 16.7 Å². The first-order valence-electron chi connectivity index (χ1n) is 7.82. The molecule has 128 valence electrons. The summed E-state index contributed by atoms with van der Waals surface area (Å²) in [5, 5.41) is 18.4. The van der Waals surface area contributed by atoms with Crippen LogP contribution in [0.4, 0.5) is 0 Å². The largest absolute Gasteiger partial charge is 0.270 e. The molecule has 0 fully saturated rings. The maximum Gasteiger partial charge on any atom is 0.178 e. The average Bonchev–Trinajstić information content (AvgIpc) is 2.68. The van der Waals surface area contributed by atoms with Crippen molar-refractivity contribution < 1.29 is 4.84 Å². The van der Waals surface area contributed by atoms with E-state index in [2.05, 4.69) is 15.5 Å². The Bertz CT molecular complexity index is 885. The molecule has 0 saturated heterocycles. The fourth-order valence-corrected chi connectivity index (χ4v) is 1.90. The molecule has 0 heterocycles. The molecular formula is C20H17N5O. The van der Waals surface area contributed by atoms with Gasteiger partial charge in [0.2, 0.25) is 0 Å². The summed E-state index contributed by atoms with van der Waals surface area (Å²) in [6.45, 7) is 2.33. The van der Waals surface area contributed by atoms with Gasteiger partial charge in [0.05, 0.1) is 6.61 Å². The second kappa shape index (κ2) is 10.2. The summed E-state index contributed by atoms with van der Waals surface area (Å²) in [5.74, 6) is 0. The lowest BCUT2D eigenvalue weighted by Gasteiger charge is -2.01. The lowest BCUT2D eigenvalue weighted by atomic mass is 10.2. The van der Waals surface area contributed by atoms with E-state index in [4.69, 9.17) is 4.84 Å². The van der Waals surface area contributed by atoms with Crippen molar-refractivity contribution >= 4 is 12.6 Å². The van der Waals surface area contributed by atoms with Crippen LogP contribution in [0.3, 0.4) is 0 Å². The average molecular weight is 343 g/mol. The van der Waals surface area contributed by atoms with E-state index < -0.39 is 0 Å². The highest BCUT2D eigenvalue weighted by Gasteiger charge is 2.02. The Hall–Kier alpha value is -3.74. The number of rotatable bonds is 7. The van der Waals surface area contributed by atoms with Crippen LogP contribution >= 0.6 is 0 Å². The molecule has 1 N–H and O–H groups in total. The molecule has 26 heavy (non-hydrogen) atoms. The number of nitrogens with zero attached hydrogens (tertiary/aromatic N) is 4. The third-order valence-corrected chi connectivity index (χ3v) is 3.27. The quantitative estimate of drug-likeness (QED) is 0.274. The Labute approximate surface area is 152 Å². The van der Waals surface area contributed by atoms with Gasteiger partial charge in [-0.2, -0.15) is 10.5 Å². The van der Waals surface area contributed by atoms with Gasteiger partial charge >= 0.3 is 0 Å². The van der Waals surface area contributed by atoms with E-state index in [-0.39, 0.29) is 11.4 Å². The topological polar surface area (TPSA) is 93.6 Å². The summed E-state index contributed by atoms with van der Waals surface area (Å²) in [6, 6.07) is 21.0. The van der Waals surface area contributed by atoms with E-state index in [1.54, 1.807) is 0 Å². The van der Waals surface area contributed by atoms with Gasteiger partial charge in [0.1, 0.15) is 18.5 Å². The Morgan fingerprint density at radius 1 is 1.00 bits per heavy atom. The van der Waals surface area contributed by atoms with E-state index in [1.807, 2.05) is 73.7 Å². The first kappa shape index (κ1) is 18.6. The van der Waals surface area contributed by atoms with Crippen molar-refractivity contribution in [1.29, 1.82) is 10.5 Å². The molecule has 0 bridgehead atoms. The zero-order valence-electron chi connectivity index (χ0n) is 14.3. The standard InChI is InChI=1S/C20H17N5O/c1-16-7-9-17(10-8-16)13-23-19(11-21)20(12-22)24-15-25-26-14-18-5-3-2-4-6-18/h2-10,13,15H,14H2,1H3,(H,24,25)/b20-19-,23-13?. The monoisotopic (exact) mass is 343 g/mol. The molecule has 2 aromatic rings. The van der Waals surface area contributed by atoms with Crippen LogP contribution in [0.5, 0.6) is 0 Å². The number of hydrogen-bond acceptors (Lipinski definition) is 5. The molecule has 2 aromatic carbocycles. The Morgan fingerprint density at radius 3 is 2.31 bits per heavy atom. The van der Waals surface area contributed by atoms with Gasteiger partial charge < -0.3 is 0 Å². The van der Waals surface area contributed by atoms with E-state index in [9.17, 15) is 10.5 Å². The van der Waals surface area contributed by atoms with Gasteiger partial charge in [0, 0.05) is 6.21 Å². The Morgan fingerprint density at radius 2 is 1.65 bits per heavy atom. The van der Waals surface area contributed by atoms with Crippen molar-refractivity contribution in [2.75, 3.05) is 0 Å². The number of hydrogen-bond donors (Lipinski definition) is 1. The first-order valence-corrected chi connectivity index (χ1v) is 7.82. The molecule has 0 saturated carbocycles. The van der Waals surface area contributed by atoms with Gasteiger partial charge in [-0.15, -0.1) is 0 Å². The zero-order valence-corrected chi connectivity index (χ0v) is 14.3. The van der Waals surface area contributed by atoms with E-state index >= 15 is 0 Å². The SMILES string of the molecule is Cc1ccc(C=N/C(C#N)=C(/C#N)N=CNOCc2ccccc2)cc1. The van der Waals surface area contributed by atoms with Crippen molar-refractivity contribution in [3.05, 3.63) is 82.7 Å². The normalized spacial score (nSPS) is 11.8. The first-order chi connectivity index (χ1) is 12.7. The second-order valence-electron chi connectivity index (χ2n) is 5.24. The molecule has 0 radical (unpaired) electrons. The minimum absolute atomic E-state index is 0.0748. The van der Waals surface area contributed by atoms with Gasteiger partial charge in [0.25, 0.3) is 0 Å². The van der Waals surface area contributed by atoms with Crippen LogP contribution in [-0.4, -0.2) is 12.6 Å². The van der Waals surface area contributed by atoms with Crippen LogP contribution in [0.25, 0.3) is 0 Å². The predicted molar refractivity (Wildman–Crippen MR) is 99.9 cm³/mol. The van der Waals surface area contributed by atoms with E-state index in [1.165, 1.54) is 12.6 Å². The summed E-state index contributed by atoms with van der Waals surface area (Å²) in [5.41, 5.74) is 5.28. The van der Waals surface area contributed by atoms with Gasteiger partial charge in [-0.25, -0.2) is 9.98 Å². The fraction of sp³-hybridized carbons (Fsp3) is 0.100. The van der Waals surface area contributed by atoms with Crippen LogP contribution in [0.15, 0.2) is 76.0 Å². The highest BCUT2D eigenvalue weighted by atomic mass is 16.6.